The summed E-state index contributed by atoms with van der Waals surface area (Å²) in [5.41, 5.74) is 8.55. The molecular formula is C17H26BrN3. The minimum Gasteiger partial charge on any atom is -0.370 e. The molecule has 3 rings (SSSR count). The van der Waals surface area contributed by atoms with Crippen molar-refractivity contribution in [3.8, 4) is 0 Å². The quantitative estimate of drug-likeness (QED) is 0.904. The monoisotopic (exact) mass is 351 g/mol. The predicted molar refractivity (Wildman–Crippen MR) is 92.9 cm³/mol. The Morgan fingerprint density at radius 1 is 1.14 bits per heavy atom. The number of nitrogens with zero attached hydrogens (tertiary/aromatic N) is 2. The van der Waals surface area contributed by atoms with Crippen LogP contribution in [0.25, 0.3) is 0 Å². The molecule has 0 amide bonds. The van der Waals surface area contributed by atoms with E-state index >= 15 is 0 Å². The maximum atomic E-state index is 5.78. The summed E-state index contributed by atoms with van der Waals surface area (Å²) in [4.78, 5) is 5.28. The molecule has 116 valence electrons. The lowest BCUT2D eigenvalue weighted by Crippen LogP contribution is -2.41. The van der Waals surface area contributed by atoms with Crippen molar-refractivity contribution in [3.05, 3.63) is 28.2 Å². The molecule has 1 aromatic rings. The minimum absolute atomic E-state index is 0.715. The average molecular weight is 352 g/mol. The third-order valence-electron chi connectivity index (χ3n) is 4.87. The van der Waals surface area contributed by atoms with Gasteiger partial charge in [0.05, 0.1) is 0 Å². The molecule has 2 aliphatic rings. The molecule has 2 saturated heterocycles. The van der Waals surface area contributed by atoms with E-state index in [-0.39, 0.29) is 0 Å². The van der Waals surface area contributed by atoms with Crippen LogP contribution in [0.4, 0.5) is 5.69 Å². The highest BCUT2D eigenvalue weighted by atomic mass is 79.9. The van der Waals surface area contributed by atoms with E-state index in [2.05, 4.69) is 43.9 Å². The first-order valence-electron chi connectivity index (χ1n) is 8.25. The van der Waals surface area contributed by atoms with Gasteiger partial charge in [0, 0.05) is 29.3 Å². The summed E-state index contributed by atoms with van der Waals surface area (Å²) in [6.07, 6.45) is 6.44. The zero-order valence-corrected chi connectivity index (χ0v) is 14.3. The number of hydrogen-bond acceptors (Lipinski definition) is 3. The van der Waals surface area contributed by atoms with Gasteiger partial charge in [-0.05, 0) is 69.1 Å². The summed E-state index contributed by atoms with van der Waals surface area (Å²) in [5, 5.41) is 0. The molecule has 1 aromatic carbocycles. The Bertz CT molecular complexity index is 471. The number of hydrogen-bond donors (Lipinski definition) is 1. The number of likely N-dealkylation sites (tertiary alicyclic amines) is 1. The van der Waals surface area contributed by atoms with Crippen LogP contribution in [-0.4, -0.2) is 43.7 Å². The van der Waals surface area contributed by atoms with Crippen LogP contribution in [-0.2, 0) is 6.42 Å². The number of piperidine rings is 1. The number of anilines is 1. The van der Waals surface area contributed by atoms with Crippen LogP contribution in [0.1, 0.15) is 31.2 Å². The Morgan fingerprint density at radius 2 is 1.95 bits per heavy atom. The molecule has 4 heteroatoms. The molecular weight excluding hydrogens is 326 g/mol. The van der Waals surface area contributed by atoms with E-state index in [4.69, 9.17) is 5.73 Å². The molecule has 1 atom stereocenters. The average Bonchev–Trinajstić information content (AvgIpc) is 2.98. The van der Waals surface area contributed by atoms with E-state index in [1.54, 1.807) is 0 Å². The van der Waals surface area contributed by atoms with Crippen LogP contribution in [0.2, 0.25) is 0 Å². The summed E-state index contributed by atoms with van der Waals surface area (Å²) >= 11 is 3.58. The number of halogens is 1. The van der Waals surface area contributed by atoms with Gasteiger partial charge in [-0.3, -0.25) is 4.90 Å². The lowest BCUT2D eigenvalue weighted by atomic mass is 10.1. The predicted octanol–water partition coefficient (Wildman–Crippen LogP) is 3.01. The van der Waals surface area contributed by atoms with Gasteiger partial charge in [0.25, 0.3) is 0 Å². The third-order valence-corrected chi connectivity index (χ3v) is 5.36. The van der Waals surface area contributed by atoms with Crippen molar-refractivity contribution in [2.75, 3.05) is 37.6 Å². The summed E-state index contributed by atoms with van der Waals surface area (Å²) in [6.45, 7) is 5.68. The van der Waals surface area contributed by atoms with Crippen LogP contribution in [0, 0.1) is 0 Å². The van der Waals surface area contributed by atoms with Crippen molar-refractivity contribution in [1.29, 1.82) is 0 Å². The molecule has 3 nitrogen and oxygen atoms in total. The molecule has 0 spiro atoms. The fourth-order valence-corrected chi connectivity index (χ4v) is 4.17. The van der Waals surface area contributed by atoms with E-state index < -0.39 is 0 Å². The van der Waals surface area contributed by atoms with Crippen molar-refractivity contribution >= 4 is 21.6 Å². The lowest BCUT2D eigenvalue weighted by Gasteiger charge is -2.32. The first-order valence-corrected chi connectivity index (χ1v) is 9.05. The molecule has 0 saturated carbocycles. The topological polar surface area (TPSA) is 32.5 Å². The first kappa shape index (κ1) is 15.3. The zero-order chi connectivity index (χ0) is 14.7. The molecule has 0 aliphatic carbocycles. The molecule has 0 bridgehead atoms. The molecule has 0 radical (unpaired) electrons. The molecule has 0 aromatic heterocycles. The van der Waals surface area contributed by atoms with Crippen molar-refractivity contribution in [1.82, 2.24) is 4.90 Å². The van der Waals surface area contributed by atoms with Gasteiger partial charge in [-0.2, -0.15) is 0 Å². The number of rotatable bonds is 4. The zero-order valence-electron chi connectivity index (χ0n) is 12.7. The van der Waals surface area contributed by atoms with E-state index in [9.17, 15) is 0 Å². The molecule has 21 heavy (non-hydrogen) atoms. The second-order valence-electron chi connectivity index (χ2n) is 6.30. The molecule has 2 heterocycles. The van der Waals surface area contributed by atoms with Crippen molar-refractivity contribution in [3.63, 3.8) is 0 Å². The van der Waals surface area contributed by atoms with Crippen molar-refractivity contribution in [2.24, 2.45) is 5.73 Å². The third kappa shape index (κ3) is 3.61. The van der Waals surface area contributed by atoms with Gasteiger partial charge in [-0.1, -0.05) is 22.4 Å². The number of nitrogens with two attached hydrogens (primary N) is 1. The van der Waals surface area contributed by atoms with Gasteiger partial charge in [-0.15, -0.1) is 0 Å². The summed E-state index contributed by atoms with van der Waals surface area (Å²) in [7, 11) is 0. The van der Waals surface area contributed by atoms with Gasteiger partial charge in [-0.25, -0.2) is 0 Å². The van der Waals surface area contributed by atoms with Crippen LogP contribution in [0.5, 0.6) is 0 Å². The second kappa shape index (κ2) is 7.12. The molecule has 2 N–H and O–H groups in total. The maximum absolute atomic E-state index is 5.78. The highest BCUT2D eigenvalue weighted by Crippen LogP contribution is 2.30. The van der Waals surface area contributed by atoms with E-state index in [0.717, 1.165) is 16.9 Å². The molecule has 2 fully saturated rings. The summed E-state index contributed by atoms with van der Waals surface area (Å²) in [5.74, 6) is 0. The Labute approximate surface area is 136 Å². The molecule has 1 unspecified atom stereocenters. The largest absolute Gasteiger partial charge is 0.370 e. The van der Waals surface area contributed by atoms with Gasteiger partial charge < -0.3 is 10.6 Å². The number of benzene rings is 1. The molecule has 2 aliphatic heterocycles. The van der Waals surface area contributed by atoms with Gasteiger partial charge in [0.1, 0.15) is 0 Å². The van der Waals surface area contributed by atoms with Crippen molar-refractivity contribution < 1.29 is 0 Å². The standard InChI is InChI=1S/C17H26BrN3/c18-15-4-5-17(14(12-15)6-8-19)21-11-7-16(13-21)20-9-2-1-3-10-20/h4-5,12,16H,1-3,6-11,13,19H2. The van der Waals surface area contributed by atoms with Gasteiger partial charge in [0.15, 0.2) is 0 Å². The Hall–Kier alpha value is -0.580. The highest BCUT2D eigenvalue weighted by Gasteiger charge is 2.29. The Kier molecular flexibility index (Phi) is 5.19. The van der Waals surface area contributed by atoms with E-state index in [1.807, 2.05) is 0 Å². The van der Waals surface area contributed by atoms with Gasteiger partial charge in [0.2, 0.25) is 0 Å². The maximum Gasteiger partial charge on any atom is 0.0400 e. The SMILES string of the molecule is NCCc1cc(Br)ccc1N1CCC(N2CCCCC2)C1. The van der Waals surface area contributed by atoms with Crippen LogP contribution >= 0.6 is 15.9 Å². The van der Waals surface area contributed by atoms with Crippen molar-refractivity contribution in [2.45, 2.75) is 38.1 Å². The second-order valence-corrected chi connectivity index (χ2v) is 7.21. The van der Waals surface area contributed by atoms with E-state index in [1.165, 1.54) is 63.1 Å². The normalized spacial score (nSPS) is 23.7. The van der Waals surface area contributed by atoms with E-state index in [0.29, 0.717) is 6.54 Å². The fraction of sp³-hybridized carbons (Fsp3) is 0.647. The summed E-state index contributed by atoms with van der Waals surface area (Å²) in [6, 6.07) is 7.40. The van der Waals surface area contributed by atoms with Crippen LogP contribution in [0.15, 0.2) is 22.7 Å². The minimum atomic E-state index is 0.715. The van der Waals surface area contributed by atoms with Gasteiger partial charge >= 0.3 is 0 Å². The van der Waals surface area contributed by atoms with Crippen LogP contribution in [0.3, 0.4) is 0 Å². The first-order chi connectivity index (χ1) is 10.3. The fourth-order valence-electron chi connectivity index (χ4n) is 3.76. The highest BCUT2D eigenvalue weighted by molar-refractivity contribution is 9.10. The lowest BCUT2D eigenvalue weighted by molar-refractivity contribution is 0.175. The Morgan fingerprint density at radius 3 is 2.71 bits per heavy atom. The van der Waals surface area contributed by atoms with Crippen LogP contribution < -0.4 is 10.6 Å². The smallest absolute Gasteiger partial charge is 0.0400 e. The Balaban J connectivity index is 1.70. The summed E-state index contributed by atoms with van der Waals surface area (Å²) < 4.78 is 1.15.